The molecule has 2 N–H and O–H groups in total. The first-order chi connectivity index (χ1) is 14.7. The second-order valence-electron chi connectivity index (χ2n) is 7.99. The van der Waals surface area contributed by atoms with Crippen LogP contribution in [-0.2, 0) is 17.7 Å². The van der Waals surface area contributed by atoms with Gasteiger partial charge in [-0.2, -0.15) is 0 Å². The van der Waals surface area contributed by atoms with E-state index in [0.717, 1.165) is 57.3 Å². The van der Waals surface area contributed by atoms with E-state index in [4.69, 9.17) is 9.73 Å². The highest BCUT2D eigenvalue weighted by Crippen LogP contribution is 2.24. The quantitative estimate of drug-likeness (QED) is 0.338. The average Bonchev–Trinajstić information content (AvgIpc) is 3.19. The van der Waals surface area contributed by atoms with Crippen LogP contribution < -0.4 is 5.32 Å². The van der Waals surface area contributed by atoms with E-state index in [0.29, 0.717) is 18.3 Å². The molecule has 7 heteroatoms. The van der Waals surface area contributed by atoms with Gasteiger partial charge in [0.1, 0.15) is 5.75 Å². The van der Waals surface area contributed by atoms with Crippen LogP contribution >= 0.6 is 24.0 Å². The second-order valence-corrected chi connectivity index (χ2v) is 7.99. The van der Waals surface area contributed by atoms with Gasteiger partial charge in [0.05, 0.1) is 18.8 Å². The molecule has 2 aliphatic heterocycles. The minimum Gasteiger partial charge on any atom is -0.508 e. The number of ether oxygens (including phenoxy) is 1. The Bertz CT molecular complexity index is 848. The molecule has 4 rings (SSSR count). The number of hydrogen-bond donors (Lipinski definition) is 2. The number of nitrogens with zero attached hydrogens (tertiary/aromatic N) is 3. The van der Waals surface area contributed by atoms with Crippen LogP contribution in [0.2, 0.25) is 0 Å². The lowest BCUT2D eigenvalue weighted by Crippen LogP contribution is -2.50. The lowest BCUT2D eigenvalue weighted by molar-refractivity contribution is -0.0502. The van der Waals surface area contributed by atoms with Gasteiger partial charge < -0.3 is 20.1 Å². The fourth-order valence-electron chi connectivity index (χ4n) is 4.37. The maximum atomic E-state index is 9.65. The molecule has 2 aromatic rings. The second kappa shape index (κ2) is 11.7. The summed E-state index contributed by atoms with van der Waals surface area (Å²) in [6.45, 7) is 8.14. The molecule has 2 unspecified atom stereocenters. The number of fused-ring (bicyclic) bond motifs is 1. The van der Waals surface area contributed by atoms with E-state index in [-0.39, 0.29) is 30.1 Å². The van der Waals surface area contributed by atoms with Crippen LogP contribution in [0.15, 0.2) is 59.6 Å². The van der Waals surface area contributed by atoms with Crippen LogP contribution in [0, 0.1) is 0 Å². The van der Waals surface area contributed by atoms with Crippen molar-refractivity contribution >= 4 is 29.9 Å². The third-order valence-electron chi connectivity index (χ3n) is 5.85. The molecule has 2 aliphatic rings. The maximum absolute atomic E-state index is 9.65. The Hall–Kier alpha value is -1.84. The Morgan fingerprint density at radius 1 is 1.13 bits per heavy atom. The normalized spacial score (nSPS) is 21.5. The number of phenols is 1. The van der Waals surface area contributed by atoms with Crippen LogP contribution in [-0.4, -0.2) is 72.3 Å². The van der Waals surface area contributed by atoms with Gasteiger partial charge in [0.2, 0.25) is 0 Å². The molecule has 0 saturated carbocycles. The van der Waals surface area contributed by atoms with Gasteiger partial charge in [-0.1, -0.05) is 42.5 Å². The molecule has 0 amide bonds. The summed E-state index contributed by atoms with van der Waals surface area (Å²) in [4.78, 5) is 9.76. The number of likely N-dealkylation sites (tertiary alicyclic amines) is 1. The van der Waals surface area contributed by atoms with Crippen molar-refractivity contribution in [2.24, 2.45) is 4.99 Å². The maximum Gasteiger partial charge on any atom is 0.194 e. The fourth-order valence-corrected chi connectivity index (χ4v) is 4.37. The number of rotatable bonds is 6. The van der Waals surface area contributed by atoms with Crippen molar-refractivity contribution in [2.45, 2.75) is 32.0 Å². The lowest BCUT2D eigenvalue weighted by Gasteiger charge is -2.36. The van der Waals surface area contributed by atoms with E-state index < -0.39 is 0 Å². The van der Waals surface area contributed by atoms with Crippen molar-refractivity contribution in [1.82, 2.24) is 15.1 Å². The van der Waals surface area contributed by atoms with Gasteiger partial charge in [-0.05, 0) is 36.6 Å². The van der Waals surface area contributed by atoms with Crippen molar-refractivity contribution in [1.29, 1.82) is 0 Å². The summed E-state index contributed by atoms with van der Waals surface area (Å²) in [7, 11) is 0. The predicted octanol–water partition coefficient (Wildman–Crippen LogP) is 3.10. The van der Waals surface area contributed by atoms with Crippen LogP contribution in [0.3, 0.4) is 0 Å². The van der Waals surface area contributed by atoms with E-state index in [9.17, 15) is 5.11 Å². The van der Waals surface area contributed by atoms with E-state index in [1.54, 1.807) is 6.07 Å². The molecule has 2 atom stereocenters. The first-order valence-corrected chi connectivity index (χ1v) is 10.9. The highest BCUT2D eigenvalue weighted by Gasteiger charge is 2.41. The van der Waals surface area contributed by atoms with E-state index in [1.807, 2.05) is 18.2 Å². The van der Waals surface area contributed by atoms with Crippen molar-refractivity contribution in [2.75, 3.05) is 39.3 Å². The molecule has 2 aromatic carbocycles. The number of phenolic OH excluding ortho intramolecular Hbond substituents is 1. The molecule has 31 heavy (non-hydrogen) atoms. The Morgan fingerprint density at radius 2 is 1.94 bits per heavy atom. The Kier molecular flexibility index (Phi) is 8.98. The summed E-state index contributed by atoms with van der Waals surface area (Å²) in [6, 6.07) is 18.5. The molecule has 168 valence electrons. The SMILES string of the molecule is CCNC(=NCCc1cccc(O)c1)N1CC2OCCN(Cc3ccccc3)C2C1.I. The van der Waals surface area contributed by atoms with Crippen LogP contribution in [0.5, 0.6) is 5.75 Å². The van der Waals surface area contributed by atoms with Crippen LogP contribution in [0.1, 0.15) is 18.1 Å². The number of morpholine rings is 1. The summed E-state index contributed by atoms with van der Waals surface area (Å²) >= 11 is 0. The largest absolute Gasteiger partial charge is 0.508 e. The van der Waals surface area contributed by atoms with Crippen molar-refractivity contribution in [3.05, 3.63) is 65.7 Å². The minimum atomic E-state index is 0. The van der Waals surface area contributed by atoms with E-state index in [1.165, 1.54) is 5.56 Å². The number of benzene rings is 2. The Morgan fingerprint density at radius 3 is 2.71 bits per heavy atom. The number of guanidine groups is 1. The highest BCUT2D eigenvalue weighted by atomic mass is 127. The number of nitrogens with one attached hydrogen (secondary N) is 1. The Labute approximate surface area is 202 Å². The smallest absolute Gasteiger partial charge is 0.194 e. The molecule has 2 saturated heterocycles. The molecule has 0 radical (unpaired) electrons. The molecule has 2 fully saturated rings. The van der Waals surface area contributed by atoms with Gasteiger partial charge in [0, 0.05) is 39.3 Å². The molecule has 0 aliphatic carbocycles. The minimum absolute atomic E-state index is 0. The molecule has 0 bridgehead atoms. The van der Waals surface area contributed by atoms with Crippen molar-refractivity contribution < 1.29 is 9.84 Å². The zero-order valence-corrected chi connectivity index (χ0v) is 20.4. The molecule has 0 spiro atoms. The third-order valence-corrected chi connectivity index (χ3v) is 5.85. The van der Waals surface area contributed by atoms with Gasteiger partial charge in [-0.15, -0.1) is 24.0 Å². The lowest BCUT2D eigenvalue weighted by atomic mass is 10.1. The summed E-state index contributed by atoms with van der Waals surface area (Å²) in [6.07, 6.45) is 1.03. The molecular weight excluding hydrogens is 503 g/mol. The van der Waals surface area contributed by atoms with Gasteiger partial charge in [0.15, 0.2) is 5.96 Å². The van der Waals surface area contributed by atoms with Gasteiger partial charge in [-0.25, -0.2) is 0 Å². The average molecular weight is 536 g/mol. The molecule has 2 heterocycles. The summed E-state index contributed by atoms with van der Waals surface area (Å²) in [5, 5.41) is 13.1. The molecule has 6 nitrogen and oxygen atoms in total. The number of halogens is 1. The Balaban J connectivity index is 0.00000272. The number of aromatic hydroxyl groups is 1. The molecule has 0 aromatic heterocycles. The van der Waals surface area contributed by atoms with Gasteiger partial charge in [-0.3, -0.25) is 9.89 Å². The zero-order valence-electron chi connectivity index (χ0n) is 18.1. The van der Waals surface area contributed by atoms with Crippen molar-refractivity contribution in [3.8, 4) is 5.75 Å². The van der Waals surface area contributed by atoms with E-state index in [2.05, 4.69) is 52.4 Å². The van der Waals surface area contributed by atoms with Gasteiger partial charge >= 0.3 is 0 Å². The third kappa shape index (κ3) is 6.33. The summed E-state index contributed by atoms with van der Waals surface area (Å²) < 4.78 is 6.12. The molecular formula is C24H33IN4O2. The standard InChI is InChI=1S/C24H32N4O2.HI/c1-2-25-24(26-12-11-19-9-6-10-21(29)15-19)28-17-22-23(18-28)30-14-13-27(22)16-20-7-4-3-5-8-20;/h3-10,15,22-23,29H,2,11-14,16-18H2,1H3,(H,25,26);1H. The monoisotopic (exact) mass is 536 g/mol. The highest BCUT2D eigenvalue weighted by molar-refractivity contribution is 14.0. The fraction of sp³-hybridized carbons (Fsp3) is 0.458. The summed E-state index contributed by atoms with van der Waals surface area (Å²) in [5.41, 5.74) is 2.45. The van der Waals surface area contributed by atoms with Crippen molar-refractivity contribution in [3.63, 3.8) is 0 Å². The van der Waals surface area contributed by atoms with Crippen LogP contribution in [0.25, 0.3) is 0 Å². The first kappa shape index (κ1) is 23.8. The predicted molar refractivity (Wildman–Crippen MR) is 135 cm³/mol. The van der Waals surface area contributed by atoms with Gasteiger partial charge in [0.25, 0.3) is 0 Å². The first-order valence-electron chi connectivity index (χ1n) is 10.9. The summed E-state index contributed by atoms with van der Waals surface area (Å²) in [5.74, 6) is 1.26. The topological polar surface area (TPSA) is 60.3 Å². The zero-order chi connectivity index (χ0) is 20.8. The number of hydrogen-bond acceptors (Lipinski definition) is 4. The number of aliphatic imine (C=N–C) groups is 1. The van der Waals surface area contributed by atoms with E-state index >= 15 is 0 Å². The van der Waals surface area contributed by atoms with Crippen LogP contribution in [0.4, 0.5) is 0 Å².